The van der Waals surface area contributed by atoms with Gasteiger partial charge in [-0.1, -0.05) is 60.7 Å². The van der Waals surface area contributed by atoms with Gasteiger partial charge < -0.3 is 15.4 Å². The molecule has 0 unspecified atom stereocenters. The first-order chi connectivity index (χ1) is 12.3. The van der Waals surface area contributed by atoms with Crippen LogP contribution in [0.3, 0.4) is 0 Å². The lowest BCUT2D eigenvalue weighted by atomic mass is 9.88. The highest BCUT2D eigenvalue weighted by Gasteiger charge is 2.16. The average molecular weight is 355 g/mol. The highest BCUT2D eigenvalue weighted by molar-refractivity contribution is 7.80. The van der Waals surface area contributed by atoms with Gasteiger partial charge in [0.2, 0.25) is 0 Å². The summed E-state index contributed by atoms with van der Waals surface area (Å²) in [5.41, 5.74) is 2.68. The summed E-state index contributed by atoms with van der Waals surface area (Å²) in [5, 5.41) is 7.33. The van der Waals surface area contributed by atoms with Crippen LogP contribution in [-0.2, 0) is 4.74 Å². The minimum Gasteiger partial charge on any atom is -0.376 e. The van der Waals surface area contributed by atoms with Crippen molar-refractivity contribution in [2.75, 3.05) is 19.7 Å². The van der Waals surface area contributed by atoms with E-state index in [2.05, 4.69) is 71.3 Å². The van der Waals surface area contributed by atoms with Gasteiger partial charge in [0.05, 0.1) is 6.10 Å². The molecule has 1 aliphatic heterocycles. The van der Waals surface area contributed by atoms with E-state index in [1.807, 2.05) is 0 Å². The van der Waals surface area contributed by atoms with Gasteiger partial charge in [-0.2, -0.15) is 0 Å². The van der Waals surface area contributed by atoms with E-state index in [1.54, 1.807) is 0 Å². The summed E-state index contributed by atoms with van der Waals surface area (Å²) in [7, 11) is 0. The van der Waals surface area contributed by atoms with Crippen molar-refractivity contribution in [3.8, 4) is 0 Å². The monoisotopic (exact) mass is 354 g/mol. The van der Waals surface area contributed by atoms with Gasteiger partial charge in [0.15, 0.2) is 5.11 Å². The van der Waals surface area contributed by atoms with Crippen LogP contribution in [0.25, 0.3) is 0 Å². The second-order valence-corrected chi connectivity index (χ2v) is 6.84. The summed E-state index contributed by atoms with van der Waals surface area (Å²) in [4.78, 5) is 0. The summed E-state index contributed by atoms with van der Waals surface area (Å²) in [6.07, 6.45) is 3.58. The Morgan fingerprint density at radius 2 is 1.64 bits per heavy atom. The molecular formula is C21H26N2OS. The number of hydrogen-bond acceptors (Lipinski definition) is 2. The molecule has 2 aromatic carbocycles. The van der Waals surface area contributed by atoms with Crippen LogP contribution < -0.4 is 10.6 Å². The molecule has 1 fully saturated rings. The molecule has 25 heavy (non-hydrogen) atoms. The van der Waals surface area contributed by atoms with Crippen LogP contribution in [0.1, 0.15) is 36.3 Å². The van der Waals surface area contributed by atoms with Crippen molar-refractivity contribution >= 4 is 17.3 Å². The van der Waals surface area contributed by atoms with Gasteiger partial charge in [-0.25, -0.2) is 0 Å². The molecule has 1 heterocycles. The predicted octanol–water partition coefficient (Wildman–Crippen LogP) is 3.85. The molecule has 4 heteroatoms. The Bertz CT molecular complexity index is 602. The first kappa shape index (κ1) is 17.9. The van der Waals surface area contributed by atoms with Crippen molar-refractivity contribution in [2.24, 2.45) is 0 Å². The van der Waals surface area contributed by atoms with Crippen molar-refractivity contribution in [1.82, 2.24) is 10.6 Å². The van der Waals surface area contributed by atoms with E-state index in [-0.39, 0.29) is 0 Å². The van der Waals surface area contributed by atoms with E-state index >= 15 is 0 Å². The first-order valence-electron chi connectivity index (χ1n) is 9.06. The summed E-state index contributed by atoms with van der Waals surface area (Å²) in [6, 6.07) is 21.3. The van der Waals surface area contributed by atoms with Crippen LogP contribution in [0.4, 0.5) is 0 Å². The molecule has 132 valence electrons. The van der Waals surface area contributed by atoms with Crippen molar-refractivity contribution in [3.63, 3.8) is 0 Å². The van der Waals surface area contributed by atoms with Crippen molar-refractivity contribution in [3.05, 3.63) is 71.8 Å². The molecule has 0 amide bonds. The summed E-state index contributed by atoms with van der Waals surface area (Å²) < 4.78 is 5.61. The molecule has 1 saturated heterocycles. The van der Waals surface area contributed by atoms with Gasteiger partial charge in [-0.15, -0.1) is 0 Å². The molecule has 0 radical (unpaired) electrons. The lowest BCUT2D eigenvalue weighted by Gasteiger charge is -2.19. The highest BCUT2D eigenvalue weighted by atomic mass is 32.1. The predicted molar refractivity (Wildman–Crippen MR) is 107 cm³/mol. The smallest absolute Gasteiger partial charge is 0.166 e. The van der Waals surface area contributed by atoms with Gasteiger partial charge in [0.25, 0.3) is 0 Å². The van der Waals surface area contributed by atoms with E-state index < -0.39 is 0 Å². The van der Waals surface area contributed by atoms with Gasteiger partial charge in [-0.05, 0) is 42.6 Å². The van der Waals surface area contributed by atoms with E-state index in [4.69, 9.17) is 17.0 Å². The van der Waals surface area contributed by atoms with E-state index in [0.29, 0.717) is 12.0 Å². The average Bonchev–Trinajstić information content (AvgIpc) is 3.19. The number of rotatable bonds is 7. The number of thiocarbonyl (C=S) groups is 1. The second-order valence-electron chi connectivity index (χ2n) is 6.43. The Balaban J connectivity index is 1.51. The minimum atomic E-state index is 0.307. The maximum atomic E-state index is 5.61. The molecule has 2 aromatic rings. The van der Waals surface area contributed by atoms with Crippen LogP contribution in [0, 0.1) is 0 Å². The molecule has 1 atom stereocenters. The quantitative estimate of drug-likeness (QED) is 0.740. The zero-order chi connectivity index (χ0) is 17.3. The van der Waals surface area contributed by atoms with Crippen LogP contribution in [0.5, 0.6) is 0 Å². The molecule has 3 nitrogen and oxygen atoms in total. The fraction of sp³-hybridized carbons (Fsp3) is 0.381. The third kappa shape index (κ3) is 5.55. The van der Waals surface area contributed by atoms with E-state index in [9.17, 15) is 0 Å². The van der Waals surface area contributed by atoms with Gasteiger partial charge >= 0.3 is 0 Å². The fourth-order valence-corrected chi connectivity index (χ4v) is 3.49. The molecular weight excluding hydrogens is 328 g/mol. The van der Waals surface area contributed by atoms with E-state index in [0.717, 1.165) is 44.1 Å². The standard InChI is InChI=1S/C21H26N2OS/c25-21(23-16-19-12-7-15-24-19)22-14-13-20(17-8-3-1-4-9-17)18-10-5-2-6-11-18/h1-6,8-11,19-20H,7,12-16H2,(H2,22,23,25)/t19-/m0/s1. The summed E-state index contributed by atoms with van der Waals surface area (Å²) in [5.74, 6) is 0.371. The largest absolute Gasteiger partial charge is 0.376 e. The normalized spacial score (nSPS) is 16.8. The Kier molecular flexibility index (Phi) is 6.83. The van der Waals surface area contributed by atoms with Gasteiger partial charge in [-0.3, -0.25) is 0 Å². The fourth-order valence-electron chi connectivity index (χ4n) is 3.30. The zero-order valence-corrected chi connectivity index (χ0v) is 15.3. The zero-order valence-electron chi connectivity index (χ0n) is 14.5. The minimum absolute atomic E-state index is 0.307. The number of nitrogens with one attached hydrogen (secondary N) is 2. The third-order valence-corrected chi connectivity index (χ3v) is 4.93. The van der Waals surface area contributed by atoms with Crippen LogP contribution in [-0.4, -0.2) is 30.9 Å². The van der Waals surface area contributed by atoms with Crippen LogP contribution in [0.2, 0.25) is 0 Å². The summed E-state index contributed by atoms with van der Waals surface area (Å²) >= 11 is 5.40. The first-order valence-corrected chi connectivity index (χ1v) is 9.47. The van der Waals surface area contributed by atoms with Crippen molar-refractivity contribution in [2.45, 2.75) is 31.3 Å². The highest BCUT2D eigenvalue weighted by Crippen LogP contribution is 2.27. The Morgan fingerprint density at radius 1 is 1.00 bits per heavy atom. The molecule has 1 aliphatic rings. The van der Waals surface area contributed by atoms with Crippen molar-refractivity contribution < 1.29 is 4.74 Å². The molecule has 2 N–H and O–H groups in total. The lowest BCUT2D eigenvalue weighted by molar-refractivity contribution is 0.114. The number of ether oxygens (including phenoxy) is 1. The molecule has 3 rings (SSSR count). The topological polar surface area (TPSA) is 33.3 Å². The molecule has 0 aliphatic carbocycles. The van der Waals surface area contributed by atoms with Crippen LogP contribution >= 0.6 is 12.2 Å². The van der Waals surface area contributed by atoms with Crippen LogP contribution in [0.15, 0.2) is 60.7 Å². The molecule has 0 aromatic heterocycles. The number of hydrogen-bond donors (Lipinski definition) is 2. The van der Waals surface area contributed by atoms with Crippen molar-refractivity contribution in [1.29, 1.82) is 0 Å². The molecule has 0 spiro atoms. The maximum Gasteiger partial charge on any atom is 0.166 e. The molecule has 0 bridgehead atoms. The van der Waals surface area contributed by atoms with E-state index in [1.165, 1.54) is 11.1 Å². The maximum absolute atomic E-state index is 5.61. The Hall–Kier alpha value is -1.91. The summed E-state index contributed by atoms with van der Waals surface area (Å²) in [6.45, 7) is 2.51. The second kappa shape index (κ2) is 9.54. The Morgan fingerprint density at radius 3 is 2.20 bits per heavy atom. The number of benzene rings is 2. The Labute approximate surface area is 155 Å². The molecule has 0 saturated carbocycles. The van der Waals surface area contributed by atoms with Gasteiger partial charge in [0, 0.05) is 25.6 Å². The SMILES string of the molecule is S=C(NCCC(c1ccccc1)c1ccccc1)NC[C@@H]1CCCO1. The lowest BCUT2D eigenvalue weighted by Crippen LogP contribution is -2.40. The van der Waals surface area contributed by atoms with Gasteiger partial charge in [0.1, 0.15) is 0 Å². The third-order valence-electron chi connectivity index (χ3n) is 4.64.